The maximum Gasteiger partial charge on any atom is 0.339 e. The van der Waals surface area contributed by atoms with Gasteiger partial charge in [-0.05, 0) is 49.2 Å². The number of esters is 1. The number of para-hydroxylation sites is 1. The lowest BCUT2D eigenvalue weighted by molar-refractivity contribution is -0.129. The molecule has 2 aromatic carbocycles. The molecule has 0 fully saturated rings. The Hall–Kier alpha value is -3.41. The summed E-state index contributed by atoms with van der Waals surface area (Å²) in [5, 5.41) is 12.9. The SMILES string of the molecule is CC(C)CNC(=O)[C@@H](C)OC(=O)c1cc(-c2ccc(O)cc2)nc2ccccc12. The number of carbonyl (C=O) groups excluding carboxylic acids is 2. The highest BCUT2D eigenvalue weighted by Crippen LogP contribution is 2.26. The van der Waals surface area contributed by atoms with Crippen LogP contribution in [0.5, 0.6) is 5.75 Å². The van der Waals surface area contributed by atoms with E-state index in [0.29, 0.717) is 34.6 Å². The average molecular weight is 392 g/mol. The van der Waals surface area contributed by atoms with Gasteiger partial charge in [0.25, 0.3) is 5.91 Å². The Bertz CT molecular complexity index is 1030. The molecule has 3 aromatic rings. The molecule has 0 bridgehead atoms. The lowest BCUT2D eigenvalue weighted by atomic mass is 10.0. The van der Waals surface area contributed by atoms with Crippen LogP contribution in [0.25, 0.3) is 22.2 Å². The van der Waals surface area contributed by atoms with Crippen molar-refractivity contribution in [3.05, 3.63) is 60.2 Å². The fourth-order valence-corrected chi connectivity index (χ4v) is 2.85. The van der Waals surface area contributed by atoms with Crippen molar-refractivity contribution in [2.75, 3.05) is 6.54 Å². The minimum absolute atomic E-state index is 0.149. The van der Waals surface area contributed by atoms with Gasteiger partial charge in [0.15, 0.2) is 6.10 Å². The lowest BCUT2D eigenvalue weighted by Gasteiger charge is -2.16. The van der Waals surface area contributed by atoms with Gasteiger partial charge in [0.2, 0.25) is 0 Å². The van der Waals surface area contributed by atoms with Crippen molar-refractivity contribution in [2.24, 2.45) is 5.92 Å². The van der Waals surface area contributed by atoms with Gasteiger partial charge in [-0.15, -0.1) is 0 Å². The fourth-order valence-electron chi connectivity index (χ4n) is 2.85. The molecule has 6 nitrogen and oxygen atoms in total. The maximum atomic E-state index is 12.9. The Balaban J connectivity index is 1.92. The number of fused-ring (bicyclic) bond motifs is 1. The molecule has 150 valence electrons. The van der Waals surface area contributed by atoms with Crippen molar-refractivity contribution in [1.29, 1.82) is 0 Å². The normalized spacial score (nSPS) is 12.0. The molecule has 2 N–H and O–H groups in total. The first-order valence-corrected chi connectivity index (χ1v) is 9.53. The summed E-state index contributed by atoms with van der Waals surface area (Å²) >= 11 is 0. The summed E-state index contributed by atoms with van der Waals surface area (Å²) in [5.74, 6) is -0.464. The van der Waals surface area contributed by atoms with Crippen LogP contribution in [-0.2, 0) is 9.53 Å². The van der Waals surface area contributed by atoms with E-state index in [1.807, 2.05) is 32.0 Å². The first-order chi connectivity index (χ1) is 13.8. The first kappa shape index (κ1) is 20.3. The summed E-state index contributed by atoms with van der Waals surface area (Å²) in [6.45, 7) is 6.05. The van der Waals surface area contributed by atoms with Gasteiger partial charge in [0.05, 0.1) is 16.8 Å². The molecule has 1 aromatic heterocycles. The van der Waals surface area contributed by atoms with E-state index in [1.165, 1.54) is 0 Å². The number of aromatic hydroxyl groups is 1. The molecule has 3 rings (SSSR count). The Labute approximate surface area is 169 Å². The second-order valence-corrected chi connectivity index (χ2v) is 7.31. The zero-order valence-corrected chi connectivity index (χ0v) is 16.7. The second-order valence-electron chi connectivity index (χ2n) is 7.31. The summed E-state index contributed by atoms with van der Waals surface area (Å²) in [4.78, 5) is 29.7. The summed E-state index contributed by atoms with van der Waals surface area (Å²) in [7, 11) is 0. The molecule has 6 heteroatoms. The van der Waals surface area contributed by atoms with E-state index in [4.69, 9.17) is 4.74 Å². The van der Waals surface area contributed by atoms with E-state index in [1.54, 1.807) is 43.3 Å². The number of ether oxygens (including phenoxy) is 1. The van der Waals surface area contributed by atoms with Crippen molar-refractivity contribution in [3.63, 3.8) is 0 Å². The minimum Gasteiger partial charge on any atom is -0.508 e. The van der Waals surface area contributed by atoms with Crippen molar-refractivity contribution in [1.82, 2.24) is 10.3 Å². The Morgan fingerprint density at radius 2 is 1.76 bits per heavy atom. The number of hydrogen-bond donors (Lipinski definition) is 2. The summed E-state index contributed by atoms with van der Waals surface area (Å²) in [5.41, 5.74) is 2.31. The van der Waals surface area contributed by atoms with Crippen molar-refractivity contribution in [3.8, 4) is 17.0 Å². The van der Waals surface area contributed by atoms with E-state index in [0.717, 1.165) is 5.56 Å². The predicted molar refractivity (Wildman–Crippen MR) is 112 cm³/mol. The van der Waals surface area contributed by atoms with E-state index < -0.39 is 12.1 Å². The van der Waals surface area contributed by atoms with E-state index in [9.17, 15) is 14.7 Å². The molecule has 0 aliphatic rings. The van der Waals surface area contributed by atoms with Crippen LogP contribution in [0.3, 0.4) is 0 Å². The number of nitrogens with one attached hydrogen (secondary N) is 1. The number of pyridine rings is 1. The molecule has 0 unspecified atom stereocenters. The van der Waals surface area contributed by atoms with E-state index in [-0.39, 0.29) is 11.7 Å². The van der Waals surface area contributed by atoms with Crippen LogP contribution in [-0.4, -0.2) is 34.6 Å². The first-order valence-electron chi connectivity index (χ1n) is 9.53. The smallest absolute Gasteiger partial charge is 0.339 e. The number of nitrogens with zero attached hydrogens (tertiary/aromatic N) is 1. The number of phenols is 1. The van der Waals surface area contributed by atoms with Crippen LogP contribution >= 0.6 is 0 Å². The molecular formula is C23H24N2O4. The number of rotatable bonds is 6. The molecular weight excluding hydrogens is 368 g/mol. The lowest BCUT2D eigenvalue weighted by Crippen LogP contribution is -2.37. The molecule has 0 aliphatic carbocycles. The van der Waals surface area contributed by atoms with Gasteiger partial charge in [0.1, 0.15) is 5.75 Å². The van der Waals surface area contributed by atoms with Gasteiger partial charge in [-0.1, -0.05) is 32.0 Å². The third kappa shape index (κ3) is 4.90. The van der Waals surface area contributed by atoms with Crippen molar-refractivity contribution in [2.45, 2.75) is 26.9 Å². The quantitative estimate of drug-likeness (QED) is 0.621. The molecule has 29 heavy (non-hydrogen) atoms. The second kappa shape index (κ2) is 8.73. The van der Waals surface area contributed by atoms with Crippen LogP contribution in [0.4, 0.5) is 0 Å². The summed E-state index contributed by atoms with van der Waals surface area (Å²) < 4.78 is 5.43. The van der Waals surface area contributed by atoms with Gasteiger partial charge in [-0.25, -0.2) is 9.78 Å². The van der Waals surface area contributed by atoms with E-state index >= 15 is 0 Å². The van der Waals surface area contributed by atoms with E-state index in [2.05, 4.69) is 10.3 Å². The van der Waals surface area contributed by atoms with Crippen molar-refractivity contribution >= 4 is 22.8 Å². The number of hydrogen-bond acceptors (Lipinski definition) is 5. The third-order valence-corrected chi connectivity index (χ3v) is 4.44. The van der Waals surface area contributed by atoms with Gasteiger partial charge in [0, 0.05) is 17.5 Å². The van der Waals surface area contributed by atoms with Gasteiger partial charge in [-0.3, -0.25) is 4.79 Å². The number of carbonyl (C=O) groups is 2. The molecule has 1 atom stereocenters. The highest BCUT2D eigenvalue weighted by Gasteiger charge is 2.21. The number of amides is 1. The highest BCUT2D eigenvalue weighted by atomic mass is 16.5. The van der Waals surface area contributed by atoms with Crippen LogP contribution in [0.1, 0.15) is 31.1 Å². The molecule has 1 heterocycles. The van der Waals surface area contributed by atoms with Crippen molar-refractivity contribution < 1.29 is 19.4 Å². The zero-order chi connectivity index (χ0) is 21.0. The maximum absolute atomic E-state index is 12.9. The number of phenolic OH excluding ortho intramolecular Hbond substituents is 1. The van der Waals surface area contributed by atoms with Crippen LogP contribution in [0.2, 0.25) is 0 Å². The molecule has 0 saturated heterocycles. The van der Waals surface area contributed by atoms with Gasteiger partial charge in [-0.2, -0.15) is 0 Å². The third-order valence-electron chi connectivity index (χ3n) is 4.44. The molecule has 0 aliphatic heterocycles. The number of benzene rings is 2. The zero-order valence-electron chi connectivity index (χ0n) is 16.7. The topological polar surface area (TPSA) is 88.5 Å². The highest BCUT2D eigenvalue weighted by molar-refractivity contribution is 6.05. The minimum atomic E-state index is -0.912. The summed E-state index contributed by atoms with van der Waals surface area (Å²) in [6, 6.07) is 15.5. The predicted octanol–water partition coefficient (Wildman–Crippen LogP) is 3.92. The standard InChI is InChI=1S/C23H24N2O4/c1-14(2)13-24-22(27)15(3)29-23(28)19-12-21(16-8-10-17(26)11-9-16)25-20-7-5-4-6-18(19)20/h4-12,14-15,26H,13H2,1-3H3,(H,24,27)/t15-/m1/s1. The molecule has 1 amide bonds. The number of aromatic nitrogens is 1. The average Bonchev–Trinajstić information content (AvgIpc) is 2.71. The Morgan fingerprint density at radius 3 is 2.45 bits per heavy atom. The van der Waals surface area contributed by atoms with Gasteiger partial charge >= 0.3 is 5.97 Å². The van der Waals surface area contributed by atoms with Crippen LogP contribution in [0.15, 0.2) is 54.6 Å². The van der Waals surface area contributed by atoms with Crippen LogP contribution in [0, 0.1) is 5.92 Å². The Kier molecular flexibility index (Phi) is 6.12. The molecule has 0 spiro atoms. The summed E-state index contributed by atoms with van der Waals surface area (Å²) in [6.07, 6.45) is -0.912. The largest absolute Gasteiger partial charge is 0.508 e. The van der Waals surface area contributed by atoms with Gasteiger partial charge < -0.3 is 15.2 Å². The monoisotopic (exact) mass is 392 g/mol. The Morgan fingerprint density at radius 1 is 1.07 bits per heavy atom. The van der Waals surface area contributed by atoms with Crippen LogP contribution < -0.4 is 5.32 Å². The molecule has 0 saturated carbocycles. The fraction of sp³-hybridized carbons (Fsp3) is 0.261. The molecule has 0 radical (unpaired) electrons.